The molecule has 0 N–H and O–H groups in total. The van der Waals surface area contributed by atoms with E-state index in [-0.39, 0.29) is 23.9 Å². The molecule has 0 saturated carbocycles. The highest BCUT2D eigenvalue weighted by molar-refractivity contribution is 6.19. The van der Waals surface area contributed by atoms with Crippen LogP contribution in [0.15, 0.2) is 42.1 Å². The van der Waals surface area contributed by atoms with Crippen molar-refractivity contribution in [3.8, 4) is 0 Å². The van der Waals surface area contributed by atoms with Gasteiger partial charge >= 0.3 is 5.97 Å². The Labute approximate surface area is 120 Å². The van der Waals surface area contributed by atoms with E-state index in [9.17, 15) is 9.59 Å². The number of Topliss-reactive ketones (excluding diaryl/α,β-unsaturated/α-hetero) is 1. The topological polar surface area (TPSA) is 46.6 Å². The molecule has 20 heavy (non-hydrogen) atoms. The first kappa shape index (κ1) is 16.0. The fraction of sp³-hybridized carbons (Fsp3) is 0.375. The molecule has 0 radical (unpaired) electrons. The highest BCUT2D eigenvalue weighted by Gasteiger charge is 2.25. The zero-order valence-electron chi connectivity index (χ0n) is 12.4. The molecular formula is C16H21NO3. The minimum Gasteiger partial charge on any atom is -0.462 e. The summed E-state index contributed by atoms with van der Waals surface area (Å²) in [5, 5.41) is 0. The summed E-state index contributed by atoms with van der Waals surface area (Å²) < 4.78 is 4.96. The van der Waals surface area contributed by atoms with Gasteiger partial charge in [0.05, 0.1) is 6.61 Å². The second-order valence-electron chi connectivity index (χ2n) is 4.72. The van der Waals surface area contributed by atoms with Crippen molar-refractivity contribution in [2.75, 3.05) is 20.7 Å². The number of carbonyl (C=O) groups is 2. The number of carbonyl (C=O) groups excluding carboxylic acids is 2. The Hall–Kier alpha value is -2.10. The van der Waals surface area contributed by atoms with E-state index in [1.807, 2.05) is 30.3 Å². The Balaban J connectivity index is 3.02. The molecule has 108 valence electrons. The Kier molecular flexibility index (Phi) is 5.97. The molecule has 4 nitrogen and oxygen atoms in total. The highest BCUT2D eigenvalue weighted by Crippen LogP contribution is 2.20. The van der Waals surface area contributed by atoms with Gasteiger partial charge in [0.25, 0.3) is 0 Å². The lowest BCUT2D eigenvalue weighted by Crippen LogP contribution is -2.22. The zero-order chi connectivity index (χ0) is 15.1. The van der Waals surface area contributed by atoms with Crippen molar-refractivity contribution < 1.29 is 14.3 Å². The van der Waals surface area contributed by atoms with Gasteiger partial charge in [-0.3, -0.25) is 4.79 Å². The van der Waals surface area contributed by atoms with Crippen molar-refractivity contribution in [3.63, 3.8) is 0 Å². The molecule has 1 atom stereocenters. The molecule has 0 saturated heterocycles. The van der Waals surface area contributed by atoms with Crippen LogP contribution in [0.5, 0.6) is 0 Å². The van der Waals surface area contributed by atoms with Gasteiger partial charge in [-0.05, 0) is 12.5 Å². The van der Waals surface area contributed by atoms with Crippen LogP contribution < -0.4 is 0 Å². The Morgan fingerprint density at radius 2 is 1.85 bits per heavy atom. The monoisotopic (exact) mass is 275 g/mol. The smallest absolute Gasteiger partial charge is 0.343 e. The lowest BCUT2D eigenvalue weighted by atomic mass is 9.92. The van der Waals surface area contributed by atoms with Crippen LogP contribution >= 0.6 is 0 Å². The molecule has 0 heterocycles. The second kappa shape index (κ2) is 7.48. The van der Waals surface area contributed by atoms with Crippen LogP contribution in [0.1, 0.15) is 25.3 Å². The molecular weight excluding hydrogens is 254 g/mol. The number of benzene rings is 1. The first-order valence-electron chi connectivity index (χ1n) is 6.61. The maximum absolute atomic E-state index is 12.5. The number of ether oxygens (including phenoxy) is 1. The molecule has 0 aromatic heterocycles. The minimum absolute atomic E-state index is 0.0770. The third-order valence-electron chi connectivity index (χ3n) is 2.84. The molecule has 1 rings (SSSR count). The van der Waals surface area contributed by atoms with Crippen LogP contribution in [-0.4, -0.2) is 37.4 Å². The Bertz CT molecular complexity index is 492. The third kappa shape index (κ3) is 4.23. The van der Waals surface area contributed by atoms with Crippen molar-refractivity contribution in [3.05, 3.63) is 47.7 Å². The summed E-state index contributed by atoms with van der Waals surface area (Å²) in [5.41, 5.74) is 0.958. The number of ketones is 1. The molecule has 4 heteroatoms. The van der Waals surface area contributed by atoms with Crippen molar-refractivity contribution >= 4 is 11.8 Å². The number of hydrogen-bond donors (Lipinski definition) is 0. The van der Waals surface area contributed by atoms with Crippen molar-refractivity contribution in [2.24, 2.45) is 0 Å². The fourth-order valence-electron chi connectivity index (χ4n) is 1.81. The van der Waals surface area contributed by atoms with Crippen molar-refractivity contribution in [2.45, 2.75) is 19.8 Å². The fourth-order valence-corrected chi connectivity index (χ4v) is 1.81. The maximum Gasteiger partial charge on any atom is 0.343 e. The summed E-state index contributed by atoms with van der Waals surface area (Å²) in [6, 6.07) is 9.39. The molecule has 0 bridgehead atoms. The van der Waals surface area contributed by atoms with Crippen LogP contribution in [0.3, 0.4) is 0 Å². The van der Waals surface area contributed by atoms with Crippen LogP contribution in [0.2, 0.25) is 0 Å². The van der Waals surface area contributed by atoms with Crippen molar-refractivity contribution in [1.82, 2.24) is 4.90 Å². The third-order valence-corrected chi connectivity index (χ3v) is 2.84. The van der Waals surface area contributed by atoms with E-state index < -0.39 is 5.97 Å². The number of esters is 1. The lowest BCUT2D eigenvalue weighted by molar-refractivity contribution is -0.140. The molecule has 1 aromatic rings. The summed E-state index contributed by atoms with van der Waals surface area (Å²) >= 11 is 0. The van der Waals surface area contributed by atoms with Gasteiger partial charge in [0.1, 0.15) is 5.57 Å². The van der Waals surface area contributed by atoms with Crippen LogP contribution in [0.25, 0.3) is 0 Å². The number of nitrogens with zero attached hydrogens (tertiary/aromatic N) is 1. The second-order valence-corrected chi connectivity index (χ2v) is 4.72. The molecule has 0 aliphatic carbocycles. The Morgan fingerprint density at radius 1 is 1.25 bits per heavy atom. The summed E-state index contributed by atoms with van der Waals surface area (Å²) in [7, 11) is 3.53. The first-order chi connectivity index (χ1) is 9.47. The maximum atomic E-state index is 12.5. The lowest BCUT2D eigenvalue weighted by Gasteiger charge is -2.15. The SMILES string of the molecule is CCOC(=O)/C(=C\N(C)C)C(=O)C(C)c1ccccc1. The quantitative estimate of drug-likeness (QED) is 0.346. The number of rotatable bonds is 6. The van der Waals surface area contributed by atoms with E-state index in [1.165, 1.54) is 6.20 Å². The van der Waals surface area contributed by atoms with Crippen molar-refractivity contribution in [1.29, 1.82) is 0 Å². The first-order valence-corrected chi connectivity index (χ1v) is 6.61. The van der Waals surface area contributed by atoms with Gasteiger partial charge in [-0.25, -0.2) is 4.79 Å². The minimum atomic E-state index is -0.575. The van der Waals surface area contributed by atoms with Gasteiger partial charge in [-0.15, -0.1) is 0 Å². The summed E-state index contributed by atoms with van der Waals surface area (Å²) in [6.45, 7) is 3.76. The summed E-state index contributed by atoms with van der Waals surface area (Å²) in [5.74, 6) is -1.19. The molecule has 0 amide bonds. The average Bonchev–Trinajstić information content (AvgIpc) is 2.44. The normalized spacial score (nSPS) is 12.7. The largest absolute Gasteiger partial charge is 0.462 e. The predicted molar refractivity (Wildman–Crippen MR) is 78.3 cm³/mol. The molecule has 1 aromatic carbocycles. The molecule has 0 aliphatic heterocycles. The van der Waals surface area contributed by atoms with Gasteiger partial charge < -0.3 is 9.64 Å². The number of hydrogen-bond acceptors (Lipinski definition) is 4. The standard InChI is InChI=1S/C16H21NO3/c1-5-20-16(19)14(11-17(3)4)15(18)12(2)13-9-7-6-8-10-13/h6-12H,5H2,1-4H3/b14-11-. The van der Waals surface area contributed by atoms with Crippen LogP contribution in [-0.2, 0) is 14.3 Å². The van der Waals surface area contributed by atoms with E-state index in [4.69, 9.17) is 4.74 Å². The van der Waals surface area contributed by atoms with Gasteiger partial charge in [0, 0.05) is 26.2 Å². The van der Waals surface area contributed by atoms with Gasteiger partial charge in [-0.1, -0.05) is 37.3 Å². The molecule has 0 spiro atoms. The molecule has 0 fully saturated rings. The van der Waals surface area contributed by atoms with Crippen LogP contribution in [0.4, 0.5) is 0 Å². The van der Waals surface area contributed by atoms with Gasteiger partial charge in [-0.2, -0.15) is 0 Å². The summed E-state index contributed by atoms with van der Waals surface area (Å²) in [6.07, 6.45) is 1.51. The molecule has 1 unspecified atom stereocenters. The van der Waals surface area contributed by atoms with E-state index >= 15 is 0 Å². The van der Waals surface area contributed by atoms with E-state index in [0.29, 0.717) is 0 Å². The average molecular weight is 275 g/mol. The predicted octanol–water partition coefficient (Wildman–Crippen LogP) is 2.37. The van der Waals surface area contributed by atoms with Gasteiger partial charge in [0.2, 0.25) is 0 Å². The van der Waals surface area contributed by atoms with E-state index in [0.717, 1.165) is 5.56 Å². The van der Waals surface area contributed by atoms with Gasteiger partial charge in [0.15, 0.2) is 5.78 Å². The highest BCUT2D eigenvalue weighted by atomic mass is 16.5. The zero-order valence-corrected chi connectivity index (χ0v) is 12.4. The van der Waals surface area contributed by atoms with E-state index in [1.54, 1.807) is 32.8 Å². The Morgan fingerprint density at radius 3 is 2.35 bits per heavy atom. The molecule has 0 aliphatic rings. The van der Waals surface area contributed by atoms with Crippen LogP contribution in [0, 0.1) is 0 Å². The summed E-state index contributed by atoms with van der Waals surface area (Å²) in [4.78, 5) is 26.1. The van der Waals surface area contributed by atoms with E-state index in [2.05, 4.69) is 0 Å².